The Morgan fingerprint density at radius 1 is 0.846 bits per heavy atom. The van der Waals surface area contributed by atoms with Gasteiger partial charge < -0.3 is 16.2 Å². The maximum atomic E-state index is 7.39. The lowest BCUT2D eigenvalue weighted by Gasteiger charge is -2.24. The largest absolute Gasteiger partial charge is 0.454 e. The minimum atomic E-state index is 0. The molecule has 0 radical (unpaired) electrons. The molecule has 0 amide bonds. The van der Waals surface area contributed by atoms with Crippen molar-refractivity contribution in [3.63, 3.8) is 0 Å². The van der Waals surface area contributed by atoms with E-state index in [0.717, 1.165) is 32.4 Å². The number of fused-ring (bicyclic) bond motifs is 2. The molecule has 1 aliphatic heterocycles. The molecule has 6 N–H and O–H groups in total. The molecule has 2 aromatic carbocycles. The lowest BCUT2D eigenvalue weighted by molar-refractivity contribution is 0.446. The Bertz CT molecular complexity index is 755. The van der Waals surface area contributed by atoms with Crippen molar-refractivity contribution in [1.82, 2.24) is 0 Å². The van der Waals surface area contributed by atoms with Crippen LogP contribution in [0.1, 0.15) is 11.1 Å². The molecule has 2 aromatic rings. The summed E-state index contributed by atoms with van der Waals surface area (Å²) in [6.07, 6.45) is 0. The molecule has 0 spiro atoms. The summed E-state index contributed by atoms with van der Waals surface area (Å²) in [7, 11) is 0. The van der Waals surface area contributed by atoms with Crippen molar-refractivity contribution in [2.75, 3.05) is 0 Å². The predicted octanol–water partition coefficient (Wildman–Crippen LogP) is 5.35. The summed E-state index contributed by atoms with van der Waals surface area (Å²) in [4.78, 5) is 2.11. The number of rotatable bonds is 4. The van der Waals surface area contributed by atoms with Crippen molar-refractivity contribution in [1.29, 1.82) is 10.8 Å². The van der Waals surface area contributed by atoms with Crippen molar-refractivity contribution < 1.29 is 4.74 Å². The number of nitrogens with two attached hydrogens (primary N) is 2. The molecule has 1 heterocycles. The lowest BCUT2D eigenvalue weighted by Crippen LogP contribution is -2.06. The molecule has 0 aromatic heterocycles. The number of amidine groups is 2. The van der Waals surface area contributed by atoms with Gasteiger partial charge in [-0.25, -0.2) is 0 Å². The molecular formula is C16H18Br2N4OS3. The molecule has 26 heavy (non-hydrogen) atoms. The van der Waals surface area contributed by atoms with Gasteiger partial charge in [0.05, 0.1) is 9.79 Å². The van der Waals surface area contributed by atoms with Gasteiger partial charge in [-0.3, -0.25) is 10.8 Å². The third-order valence-corrected chi connectivity index (χ3v) is 5.93. The van der Waals surface area contributed by atoms with Crippen molar-refractivity contribution in [2.24, 2.45) is 11.5 Å². The molecule has 5 nitrogen and oxygen atoms in total. The van der Waals surface area contributed by atoms with Gasteiger partial charge in [0.15, 0.2) is 10.3 Å². The zero-order valence-electron chi connectivity index (χ0n) is 13.5. The Labute approximate surface area is 186 Å². The van der Waals surface area contributed by atoms with Gasteiger partial charge in [-0.2, -0.15) is 0 Å². The number of benzene rings is 2. The fraction of sp³-hybridized carbons (Fsp3) is 0.125. The predicted molar refractivity (Wildman–Crippen MR) is 124 cm³/mol. The Morgan fingerprint density at radius 2 is 1.27 bits per heavy atom. The minimum absolute atomic E-state index is 0. The first-order valence-electron chi connectivity index (χ1n) is 7.07. The zero-order valence-corrected chi connectivity index (χ0v) is 19.4. The second kappa shape index (κ2) is 10.5. The smallest absolute Gasteiger partial charge is 0.151 e. The van der Waals surface area contributed by atoms with E-state index in [2.05, 4.69) is 0 Å². The van der Waals surface area contributed by atoms with Crippen molar-refractivity contribution in [3.05, 3.63) is 47.5 Å². The second-order valence-electron chi connectivity index (χ2n) is 5.00. The molecule has 0 aliphatic carbocycles. The van der Waals surface area contributed by atoms with Gasteiger partial charge in [-0.1, -0.05) is 59.6 Å². The summed E-state index contributed by atoms with van der Waals surface area (Å²) in [6.45, 7) is 0. The molecule has 0 saturated carbocycles. The lowest BCUT2D eigenvalue weighted by atomic mass is 10.2. The van der Waals surface area contributed by atoms with E-state index in [-0.39, 0.29) is 44.3 Å². The first-order chi connectivity index (χ1) is 11.5. The molecular weight excluding hydrogens is 520 g/mol. The summed E-state index contributed by atoms with van der Waals surface area (Å²) in [5.41, 5.74) is 12.9. The summed E-state index contributed by atoms with van der Waals surface area (Å²) < 4.78 is 6.23. The maximum Gasteiger partial charge on any atom is 0.151 e. The molecule has 0 fully saturated rings. The normalized spacial score (nSPS) is 11.1. The van der Waals surface area contributed by atoms with Gasteiger partial charge in [-0.15, -0.1) is 34.0 Å². The van der Waals surface area contributed by atoms with Crippen LogP contribution in [-0.2, 0) is 11.5 Å². The quantitative estimate of drug-likeness (QED) is 0.264. The van der Waals surface area contributed by atoms with Crippen LogP contribution in [0.4, 0.5) is 0 Å². The average Bonchev–Trinajstić information content (AvgIpc) is 2.56. The molecule has 0 bridgehead atoms. The van der Waals surface area contributed by atoms with E-state index in [9.17, 15) is 0 Å². The monoisotopic (exact) mass is 536 g/mol. The van der Waals surface area contributed by atoms with E-state index in [0.29, 0.717) is 11.5 Å². The first-order valence-corrected chi connectivity index (χ1v) is 9.86. The van der Waals surface area contributed by atoms with Crippen LogP contribution in [0.3, 0.4) is 0 Å². The van der Waals surface area contributed by atoms with E-state index in [4.69, 9.17) is 27.0 Å². The van der Waals surface area contributed by atoms with Gasteiger partial charge in [-0.05, 0) is 12.1 Å². The van der Waals surface area contributed by atoms with Crippen LogP contribution in [0.2, 0.25) is 0 Å². The highest BCUT2D eigenvalue weighted by atomic mass is 79.9. The van der Waals surface area contributed by atoms with Crippen molar-refractivity contribution in [3.8, 4) is 11.5 Å². The Morgan fingerprint density at radius 3 is 1.65 bits per heavy atom. The van der Waals surface area contributed by atoms with Crippen LogP contribution in [0, 0.1) is 10.8 Å². The van der Waals surface area contributed by atoms with Gasteiger partial charge in [0, 0.05) is 22.6 Å². The fourth-order valence-electron chi connectivity index (χ4n) is 2.27. The van der Waals surface area contributed by atoms with Gasteiger partial charge in [0.25, 0.3) is 0 Å². The summed E-state index contributed by atoms with van der Waals surface area (Å²) in [5.74, 6) is 2.84. The van der Waals surface area contributed by atoms with Crippen LogP contribution in [0.25, 0.3) is 0 Å². The number of hydrogen-bond donors (Lipinski definition) is 4. The number of hydrogen-bond acceptors (Lipinski definition) is 6. The highest BCUT2D eigenvalue weighted by Gasteiger charge is 2.23. The molecule has 3 rings (SSSR count). The summed E-state index contributed by atoms with van der Waals surface area (Å²) in [5, 5.41) is 15.0. The molecule has 10 heteroatoms. The van der Waals surface area contributed by atoms with Crippen LogP contribution in [0.15, 0.2) is 46.2 Å². The zero-order chi connectivity index (χ0) is 17.1. The SMILES string of the molecule is Br.Br.N=C(N)SCc1cccc2c1Oc1c(CSC(=N)N)cccc1S2. The van der Waals surface area contributed by atoms with E-state index in [1.54, 1.807) is 11.8 Å². The fourth-order valence-corrected chi connectivity index (χ4v) is 4.41. The Balaban J connectivity index is 0.00000169. The highest BCUT2D eigenvalue weighted by molar-refractivity contribution is 8.93. The highest BCUT2D eigenvalue weighted by Crippen LogP contribution is 2.50. The first kappa shape index (κ1) is 23.2. The third-order valence-electron chi connectivity index (χ3n) is 3.31. The van der Waals surface area contributed by atoms with E-state index < -0.39 is 0 Å². The topological polar surface area (TPSA) is 109 Å². The molecule has 0 atom stereocenters. The summed E-state index contributed by atoms with van der Waals surface area (Å²) >= 11 is 4.23. The van der Waals surface area contributed by atoms with Gasteiger partial charge in [0.2, 0.25) is 0 Å². The molecule has 0 saturated heterocycles. The van der Waals surface area contributed by atoms with Crippen molar-refractivity contribution >= 4 is 79.6 Å². The number of halogens is 2. The van der Waals surface area contributed by atoms with Crippen LogP contribution in [0.5, 0.6) is 11.5 Å². The van der Waals surface area contributed by atoms with E-state index in [1.165, 1.54) is 23.5 Å². The van der Waals surface area contributed by atoms with E-state index >= 15 is 0 Å². The Kier molecular flexibility index (Phi) is 9.39. The second-order valence-corrected chi connectivity index (χ2v) is 8.12. The maximum absolute atomic E-state index is 7.39. The average molecular weight is 538 g/mol. The minimum Gasteiger partial charge on any atom is -0.454 e. The van der Waals surface area contributed by atoms with Gasteiger partial charge in [0.1, 0.15) is 11.5 Å². The number of thioether (sulfide) groups is 2. The van der Waals surface area contributed by atoms with Crippen LogP contribution in [-0.4, -0.2) is 10.3 Å². The van der Waals surface area contributed by atoms with E-state index in [1.807, 2.05) is 36.4 Å². The van der Waals surface area contributed by atoms with Crippen LogP contribution >= 0.6 is 69.2 Å². The Hall–Kier alpha value is -0.810. The third kappa shape index (κ3) is 5.59. The van der Waals surface area contributed by atoms with Crippen LogP contribution < -0.4 is 16.2 Å². The number of para-hydroxylation sites is 2. The molecule has 140 valence electrons. The molecule has 1 aliphatic rings. The number of ether oxygens (including phenoxy) is 1. The van der Waals surface area contributed by atoms with Gasteiger partial charge >= 0.3 is 0 Å². The number of nitrogens with one attached hydrogen (secondary N) is 2. The summed E-state index contributed by atoms with van der Waals surface area (Å²) in [6, 6.07) is 12.0. The standard InChI is InChI=1S/C16H16N4OS3.2BrH/c17-15(18)22-7-9-3-1-5-11-13(9)21-14-10(8-23-16(19)20)4-2-6-12(14)24-11;;/h1-6H,7-8H2,(H3,17,18)(H3,19,20);2*1H. The molecule has 0 unspecified atom stereocenters. The van der Waals surface area contributed by atoms with Crippen molar-refractivity contribution in [2.45, 2.75) is 21.3 Å².